The lowest BCUT2D eigenvalue weighted by molar-refractivity contribution is 0.553. The van der Waals surface area contributed by atoms with E-state index in [9.17, 15) is 0 Å². The van der Waals surface area contributed by atoms with Crippen molar-refractivity contribution >= 4 is 11.0 Å². The standard InChI is InChI=1S/C13H19N3/c1-3-16-12-7-5-4-6-11(12)15-13(16)8-10(2)9-14/h4-7,10H,3,8-9,14H2,1-2H3. The summed E-state index contributed by atoms with van der Waals surface area (Å²) in [5.74, 6) is 1.64. The first-order valence-electron chi connectivity index (χ1n) is 5.90. The number of imidazole rings is 1. The van der Waals surface area contributed by atoms with Gasteiger partial charge in [-0.3, -0.25) is 0 Å². The molecule has 0 saturated carbocycles. The first-order valence-corrected chi connectivity index (χ1v) is 5.90. The molecule has 3 heteroatoms. The van der Waals surface area contributed by atoms with Gasteiger partial charge in [-0.25, -0.2) is 4.98 Å². The number of nitrogens with two attached hydrogens (primary N) is 1. The number of aromatic nitrogens is 2. The van der Waals surface area contributed by atoms with Gasteiger partial charge in [0.1, 0.15) is 5.82 Å². The second kappa shape index (κ2) is 4.66. The molecule has 1 heterocycles. The molecule has 1 atom stereocenters. The highest BCUT2D eigenvalue weighted by Gasteiger charge is 2.11. The number of aryl methyl sites for hydroxylation is 1. The summed E-state index contributed by atoms with van der Waals surface area (Å²) in [6, 6.07) is 8.29. The highest BCUT2D eigenvalue weighted by molar-refractivity contribution is 5.75. The van der Waals surface area contributed by atoms with E-state index in [-0.39, 0.29) is 0 Å². The summed E-state index contributed by atoms with van der Waals surface area (Å²) in [4.78, 5) is 4.68. The van der Waals surface area contributed by atoms with Crippen molar-refractivity contribution in [2.75, 3.05) is 6.54 Å². The van der Waals surface area contributed by atoms with Gasteiger partial charge in [0, 0.05) is 13.0 Å². The summed E-state index contributed by atoms with van der Waals surface area (Å²) in [5.41, 5.74) is 7.98. The van der Waals surface area contributed by atoms with E-state index in [4.69, 9.17) is 5.73 Å². The maximum absolute atomic E-state index is 5.67. The maximum atomic E-state index is 5.67. The molecule has 0 fully saturated rings. The zero-order chi connectivity index (χ0) is 11.5. The van der Waals surface area contributed by atoms with Crippen molar-refractivity contribution < 1.29 is 0 Å². The lowest BCUT2D eigenvalue weighted by Crippen LogP contribution is -2.15. The van der Waals surface area contributed by atoms with Gasteiger partial charge in [-0.1, -0.05) is 19.1 Å². The molecule has 2 rings (SSSR count). The number of hydrogen-bond donors (Lipinski definition) is 1. The Balaban J connectivity index is 2.44. The predicted octanol–water partition coefficient (Wildman–Crippen LogP) is 2.19. The van der Waals surface area contributed by atoms with Crippen LogP contribution in [0.3, 0.4) is 0 Å². The summed E-state index contributed by atoms with van der Waals surface area (Å²) in [7, 11) is 0. The number of benzene rings is 1. The summed E-state index contributed by atoms with van der Waals surface area (Å²) in [6.07, 6.45) is 0.957. The van der Waals surface area contributed by atoms with Gasteiger partial charge in [0.05, 0.1) is 11.0 Å². The Morgan fingerprint density at radius 2 is 2.12 bits per heavy atom. The average molecular weight is 217 g/mol. The van der Waals surface area contributed by atoms with E-state index < -0.39 is 0 Å². The summed E-state index contributed by atoms with van der Waals surface area (Å²) in [6.45, 7) is 6.00. The molecule has 0 saturated heterocycles. The third kappa shape index (κ3) is 1.95. The maximum Gasteiger partial charge on any atom is 0.110 e. The molecule has 0 amide bonds. The SMILES string of the molecule is CCn1c(CC(C)CN)nc2ccccc21. The van der Waals surface area contributed by atoms with Gasteiger partial charge in [-0.15, -0.1) is 0 Å². The second-order valence-corrected chi connectivity index (χ2v) is 4.31. The van der Waals surface area contributed by atoms with Crippen LogP contribution in [0, 0.1) is 5.92 Å². The molecule has 0 bridgehead atoms. The highest BCUT2D eigenvalue weighted by atomic mass is 15.1. The van der Waals surface area contributed by atoms with Gasteiger partial charge in [0.25, 0.3) is 0 Å². The largest absolute Gasteiger partial charge is 0.330 e. The molecule has 3 nitrogen and oxygen atoms in total. The van der Waals surface area contributed by atoms with Gasteiger partial charge in [-0.2, -0.15) is 0 Å². The minimum atomic E-state index is 0.488. The topological polar surface area (TPSA) is 43.8 Å². The fourth-order valence-corrected chi connectivity index (χ4v) is 2.03. The zero-order valence-corrected chi connectivity index (χ0v) is 9.98. The van der Waals surface area contributed by atoms with Crippen molar-refractivity contribution in [1.82, 2.24) is 9.55 Å². The molecule has 0 aliphatic rings. The third-order valence-corrected chi connectivity index (χ3v) is 2.98. The quantitative estimate of drug-likeness (QED) is 0.853. The van der Waals surface area contributed by atoms with Crippen molar-refractivity contribution in [1.29, 1.82) is 0 Å². The number of fused-ring (bicyclic) bond motifs is 1. The van der Waals surface area contributed by atoms with E-state index in [0.717, 1.165) is 24.3 Å². The van der Waals surface area contributed by atoms with Crippen LogP contribution in [0.1, 0.15) is 19.7 Å². The van der Waals surface area contributed by atoms with E-state index in [1.165, 1.54) is 5.52 Å². The first kappa shape index (κ1) is 11.1. The van der Waals surface area contributed by atoms with Crippen molar-refractivity contribution in [3.05, 3.63) is 30.1 Å². The average Bonchev–Trinajstić information content (AvgIpc) is 2.65. The van der Waals surface area contributed by atoms with E-state index in [1.54, 1.807) is 0 Å². The summed E-state index contributed by atoms with van der Waals surface area (Å²) in [5, 5.41) is 0. The van der Waals surface area contributed by atoms with E-state index in [1.807, 2.05) is 6.07 Å². The molecule has 16 heavy (non-hydrogen) atoms. The lowest BCUT2D eigenvalue weighted by Gasteiger charge is -2.09. The normalized spacial score (nSPS) is 13.2. The van der Waals surface area contributed by atoms with E-state index in [0.29, 0.717) is 12.5 Å². The molecule has 0 radical (unpaired) electrons. The number of rotatable bonds is 4. The highest BCUT2D eigenvalue weighted by Crippen LogP contribution is 2.17. The van der Waals surface area contributed by atoms with Crippen molar-refractivity contribution in [3.8, 4) is 0 Å². The molecule has 1 aromatic carbocycles. The molecule has 0 aliphatic carbocycles. The minimum Gasteiger partial charge on any atom is -0.330 e. The number of hydrogen-bond acceptors (Lipinski definition) is 2. The molecule has 0 aliphatic heterocycles. The van der Waals surface area contributed by atoms with Crippen molar-refractivity contribution in [2.45, 2.75) is 26.8 Å². The van der Waals surface area contributed by atoms with E-state index >= 15 is 0 Å². The van der Waals surface area contributed by atoms with Crippen LogP contribution in [0.2, 0.25) is 0 Å². The molecular weight excluding hydrogens is 198 g/mol. The van der Waals surface area contributed by atoms with Crippen LogP contribution in [0.4, 0.5) is 0 Å². The Kier molecular flexibility index (Phi) is 3.25. The molecule has 2 aromatic rings. The van der Waals surface area contributed by atoms with Crippen LogP contribution in [0.5, 0.6) is 0 Å². The Morgan fingerprint density at radius 3 is 2.81 bits per heavy atom. The van der Waals surface area contributed by atoms with Crippen LogP contribution < -0.4 is 5.73 Å². The van der Waals surface area contributed by atoms with Crippen molar-refractivity contribution in [3.63, 3.8) is 0 Å². The molecular formula is C13H19N3. The fourth-order valence-electron chi connectivity index (χ4n) is 2.03. The summed E-state index contributed by atoms with van der Waals surface area (Å²) >= 11 is 0. The smallest absolute Gasteiger partial charge is 0.110 e. The number of nitrogens with zero attached hydrogens (tertiary/aromatic N) is 2. The zero-order valence-electron chi connectivity index (χ0n) is 9.98. The van der Waals surface area contributed by atoms with Crippen LogP contribution in [0.15, 0.2) is 24.3 Å². The number of para-hydroxylation sites is 2. The van der Waals surface area contributed by atoms with Crippen LogP contribution >= 0.6 is 0 Å². The second-order valence-electron chi connectivity index (χ2n) is 4.31. The van der Waals surface area contributed by atoms with E-state index in [2.05, 4.69) is 41.6 Å². The van der Waals surface area contributed by atoms with Crippen LogP contribution in [-0.4, -0.2) is 16.1 Å². The Hall–Kier alpha value is -1.35. The summed E-state index contributed by atoms with van der Waals surface area (Å²) < 4.78 is 2.28. The van der Waals surface area contributed by atoms with Crippen LogP contribution in [-0.2, 0) is 13.0 Å². The predicted molar refractivity (Wildman–Crippen MR) is 67.3 cm³/mol. The van der Waals surface area contributed by atoms with Crippen LogP contribution in [0.25, 0.3) is 11.0 Å². The van der Waals surface area contributed by atoms with Gasteiger partial charge in [0.15, 0.2) is 0 Å². The van der Waals surface area contributed by atoms with Gasteiger partial charge < -0.3 is 10.3 Å². The molecule has 0 spiro atoms. The van der Waals surface area contributed by atoms with Gasteiger partial charge >= 0.3 is 0 Å². The minimum absolute atomic E-state index is 0.488. The Bertz CT molecular complexity index is 473. The molecule has 2 N–H and O–H groups in total. The third-order valence-electron chi connectivity index (χ3n) is 2.98. The monoisotopic (exact) mass is 217 g/mol. The van der Waals surface area contributed by atoms with Gasteiger partial charge in [0.2, 0.25) is 0 Å². The molecule has 1 unspecified atom stereocenters. The Labute approximate surface area is 96.3 Å². The fraction of sp³-hybridized carbons (Fsp3) is 0.462. The molecule has 86 valence electrons. The Morgan fingerprint density at radius 1 is 1.38 bits per heavy atom. The van der Waals surface area contributed by atoms with Crippen molar-refractivity contribution in [2.24, 2.45) is 11.7 Å². The first-order chi connectivity index (χ1) is 7.76. The lowest BCUT2D eigenvalue weighted by atomic mass is 10.1. The molecule has 1 aromatic heterocycles. The van der Waals surface area contributed by atoms with Gasteiger partial charge in [-0.05, 0) is 31.5 Å².